The van der Waals surface area contributed by atoms with E-state index < -0.39 is 7.37 Å². The van der Waals surface area contributed by atoms with E-state index >= 15 is 0 Å². The van der Waals surface area contributed by atoms with Gasteiger partial charge in [0.2, 0.25) is 7.37 Å². The third-order valence-corrected chi connectivity index (χ3v) is 3.88. The second kappa shape index (κ2) is 2.65. The van der Waals surface area contributed by atoms with Crippen molar-refractivity contribution in [1.29, 1.82) is 0 Å². The molecule has 0 radical (unpaired) electrons. The molecule has 1 saturated carbocycles. The first kappa shape index (κ1) is 8.25. The smallest absolute Gasteiger partial charge is 0.200 e. The molecule has 0 amide bonds. The zero-order chi connectivity index (χ0) is 7.78. The zero-order valence-corrected chi connectivity index (χ0v) is 6.92. The lowest BCUT2D eigenvalue weighted by atomic mass is 10.3. The molecule has 0 aliphatic heterocycles. The monoisotopic (exact) mass is 164 g/mol. The van der Waals surface area contributed by atoms with Crippen LogP contribution in [-0.2, 0) is 4.57 Å². The number of rotatable bonds is 1. The molecule has 4 heteroatoms. The summed E-state index contributed by atoms with van der Waals surface area (Å²) < 4.78 is 11.0. The van der Waals surface area contributed by atoms with Crippen LogP contribution in [0.3, 0.4) is 0 Å². The first-order chi connectivity index (χ1) is 4.50. The number of hydrogen-bond donors (Lipinski definition) is 2. The first-order valence-corrected chi connectivity index (χ1v) is 5.66. The van der Waals surface area contributed by atoms with Gasteiger partial charge in [0.15, 0.2) is 0 Å². The van der Waals surface area contributed by atoms with E-state index in [-0.39, 0.29) is 11.8 Å². The minimum absolute atomic E-state index is 0.150. The Balaban J connectivity index is 2.53. The van der Waals surface area contributed by atoms with Crippen molar-refractivity contribution in [2.75, 3.05) is 6.66 Å². The van der Waals surface area contributed by atoms with Crippen LogP contribution in [0.2, 0.25) is 0 Å². The Morgan fingerprint density at radius 2 is 2.10 bits per heavy atom. The Labute approximate surface area is 60.5 Å². The summed E-state index contributed by atoms with van der Waals surface area (Å²) in [5, 5.41) is 9.03. The normalized spacial score (nSPS) is 39.5. The summed E-state index contributed by atoms with van der Waals surface area (Å²) in [5.41, 5.74) is -0.150. The van der Waals surface area contributed by atoms with Crippen LogP contribution in [0.15, 0.2) is 0 Å². The average molecular weight is 164 g/mol. The average Bonchev–Trinajstić information content (AvgIpc) is 2.11. The van der Waals surface area contributed by atoms with Crippen LogP contribution in [0.5, 0.6) is 0 Å². The molecule has 1 aliphatic carbocycles. The molecule has 3 unspecified atom stereocenters. The summed E-state index contributed by atoms with van der Waals surface area (Å²) in [6, 6.07) is 0. The van der Waals surface area contributed by atoms with E-state index in [1.807, 2.05) is 0 Å². The molecule has 0 spiro atoms. The van der Waals surface area contributed by atoms with Crippen LogP contribution in [0.1, 0.15) is 19.3 Å². The van der Waals surface area contributed by atoms with Crippen LogP contribution in [0.25, 0.3) is 0 Å². The molecule has 3 nitrogen and oxygen atoms in total. The van der Waals surface area contributed by atoms with E-state index in [9.17, 15) is 4.57 Å². The SMILES string of the molecule is CP(=O)(O)C1CCC(O)C1. The summed E-state index contributed by atoms with van der Waals surface area (Å²) in [4.78, 5) is 9.08. The van der Waals surface area contributed by atoms with Gasteiger partial charge in [0.1, 0.15) is 0 Å². The summed E-state index contributed by atoms with van der Waals surface area (Å²) in [5.74, 6) is 0. The molecule has 0 aromatic heterocycles. The minimum Gasteiger partial charge on any atom is -0.393 e. The van der Waals surface area contributed by atoms with Crippen molar-refractivity contribution in [3.05, 3.63) is 0 Å². The highest BCUT2D eigenvalue weighted by Crippen LogP contribution is 2.49. The van der Waals surface area contributed by atoms with Gasteiger partial charge in [0, 0.05) is 12.3 Å². The third kappa shape index (κ3) is 1.82. The number of hydrogen-bond acceptors (Lipinski definition) is 2. The molecule has 60 valence electrons. The fourth-order valence-electron chi connectivity index (χ4n) is 1.37. The lowest BCUT2D eigenvalue weighted by molar-refractivity contribution is 0.183. The molecule has 1 rings (SSSR count). The van der Waals surface area contributed by atoms with E-state index in [1.54, 1.807) is 0 Å². The second-order valence-electron chi connectivity index (χ2n) is 3.06. The fraction of sp³-hybridized carbons (Fsp3) is 1.00. The predicted octanol–water partition coefficient (Wildman–Crippen LogP) is 0.800. The van der Waals surface area contributed by atoms with E-state index in [4.69, 9.17) is 10.00 Å². The molecular formula is C6H13O3P. The van der Waals surface area contributed by atoms with Crippen molar-refractivity contribution in [3.63, 3.8) is 0 Å². The van der Waals surface area contributed by atoms with Gasteiger partial charge in [0.25, 0.3) is 0 Å². The van der Waals surface area contributed by atoms with Crippen LogP contribution in [0, 0.1) is 0 Å². The van der Waals surface area contributed by atoms with Gasteiger partial charge >= 0.3 is 0 Å². The molecule has 0 bridgehead atoms. The number of aliphatic hydroxyl groups excluding tert-OH is 1. The van der Waals surface area contributed by atoms with Gasteiger partial charge in [-0.3, -0.25) is 4.57 Å². The number of aliphatic hydroxyl groups is 1. The Morgan fingerprint density at radius 3 is 2.30 bits per heavy atom. The lowest BCUT2D eigenvalue weighted by Crippen LogP contribution is -2.05. The van der Waals surface area contributed by atoms with Crippen LogP contribution >= 0.6 is 7.37 Å². The first-order valence-electron chi connectivity index (χ1n) is 3.48. The molecule has 1 aliphatic rings. The van der Waals surface area contributed by atoms with Crippen molar-refractivity contribution in [3.8, 4) is 0 Å². The highest BCUT2D eigenvalue weighted by atomic mass is 31.2. The fourth-order valence-corrected chi connectivity index (χ4v) is 2.63. The minimum atomic E-state index is -2.91. The summed E-state index contributed by atoms with van der Waals surface area (Å²) in [6.45, 7) is 1.37. The topological polar surface area (TPSA) is 57.5 Å². The Kier molecular flexibility index (Phi) is 2.18. The molecule has 0 aromatic carbocycles. The van der Waals surface area contributed by atoms with Gasteiger partial charge in [0.05, 0.1) is 6.10 Å². The van der Waals surface area contributed by atoms with Crippen molar-refractivity contribution in [2.24, 2.45) is 0 Å². The molecule has 0 heterocycles. The Hall–Kier alpha value is 0.150. The predicted molar refractivity (Wildman–Crippen MR) is 39.4 cm³/mol. The van der Waals surface area contributed by atoms with Gasteiger partial charge in [-0.15, -0.1) is 0 Å². The molecule has 1 fully saturated rings. The van der Waals surface area contributed by atoms with Crippen molar-refractivity contribution >= 4 is 7.37 Å². The largest absolute Gasteiger partial charge is 0.393 e. The molecule has 10 heavy (non-hydrogen) atoms. The summed E-state index contributed by atoms with van der Waals surface area (Å²) in [6.07, 6.45) is 1.55. The molecule has 0 aromatic rings. The maximum absolute atomic E-state index is 11.0. The Morgan fingerprint density at radius 1 is 1.50 bits per heavy atom. The maximum atomic E-state index is 11.0. The van der Waals surface area contributed by atoms with Gasteiger partial charge in [-0.25, -0.2) is 0 Å². The lowest BCUT2D eigenvalue weighted by Gasteiger charge is -2.12. The van der Waals surface area contributed by atoms with Crippen LogP contribution < -0.4 is 0 Å². The third-order valence-electron chi connectivity index (χ3n) is 2.05. The standard InChI is InChI=1S/C6H13O3P/c1-10(8,9)6-3-2-5(7)4-6/h5-7H,2-4H2,1H3,(H,8,9). The van der Waals surface area contributed by atoms with Crippen LogP contribution in [-0.4, -0.2) is 28.4 Å². The molecule has 2 N–H and O–H groups in total. The second-order valence-corrected chi connectivity index (χ2v) is 5.68. The summed E-state index contributed by atoms with van der Waals surface area (Å²) >= 11 is 0. The van der Waals surface area contributed by atoms with E-state index in [0.717, 1.165) is 0 Å². The van der Waals surface area contributed by atoms with Crippen molar-refractivity contribution in [2.45, 2.75) is 31.0 Å². The van der Waals surface area contributed by atoms with Gasteiger partial charge < -0.3 is 10.00 Å². The van der Waals surface area contributed by atoms with Gasteiger partial charge in [-0.2, -0.15) is 0 Å². The molecular weight excluding hydrogens is 151 g/mol. The van der Waals surface area contributed by atoms with E-state index in [2.05, 4.69) is 0 Å². The highest BCUT2D eigenvalue weighted by molar-refractivity contribution is 7.57. The van der Waals surface area contributed by atoms with Gasteiger partial charge in [-0.05, 0) is 19.3 Å². The highest BCUT2D eigenvalue weighted by Gasteiger charge is 2.33. The van der Waals surface area contributed by atoms with Crippen molar-refractivity contribution in [1.82, 2.24) is 0 Å². The van der Waals surface area contributed by atoms with Crippen LogP contribution in [0.4, 0.5) is 0 Å². The zero-order valence-electron chi connectivity index (χ0n) is 6.03. The van der Waals surface area contributed by atoms with Gasteiger partial charge in [-0.1, -0.05) is 0 Å². The molecule has 3 atom stereocenters. The maximum Gasteiger partial charge on any atom is 0.200 e. The van der Waals surface area contributed by atoms with E-state index in [0.29, 0.717) is 19.3 Å². The Bertz CT molecular complexity index is 162. The quantitative estimate of drug-likeness (QED) is 0.563. The van der Waals surface area contributed by atoms with Crippen molar-refractivity contribution < 1.29 is 14.6 Å². The molecule has 0 saturated heterocycles. The van der Waals surface area contributed by atoms with E-state index in [1.165, 1.54) is 6.66 Å². The summed E-state index contributed by atoms with van der Waals surface area (Å²) in [7, 11) is -2.91.